The van der Waals surface area contributed by atoms with Crippen molar-refractivity contribution in [3.63, 3.8) is 0 Å². The van der Waals surface area contributed by atoms with E-state index in [9.17, 15) is 14.9 Å². The number of hydrogen-bond acceptors (Lipinski definition) is 5. The Bertz CT molecular complexity index is 727. The van der Waals surface area contributed by atoms with Crippen LogP contribution in [0, 0.1) is 29.4 Å². The number of terminal acetylenes is 1. The van der Waals surface area contributed by atoms with Gasteiger partial charge in [-0.15, -0.1) is 11.5 Å². The van der Waals surface area contributed by atoms with Crippen molar-refractivity contribution in [2.45, 2.75) is 6.92 Å². The lowest BCUT2D eigenvalue weighted by molar-refractivity contribution is -0.384. The molecule has 0 saturated heterocycles. The maximum absolute atomic E-state index is 11.8. The third kappa shape index (κ3) is 2.87. The lowest BCUT2D eigenvalue weighted by atomic mass is 10.2. The van der Waals surface area contributed by atoms with Crippen LogP contribution in [0.4, 0.5) is 5.69 Å². The monoisotopic (exact) mass is 285 g/mol. The zero-order valence-electron chi connectivity index (χ0n) is 11.1. The Balaban J connectivity index is 2.30. The van der Waals surface area contributed by atoms with Crippen LogP contribution in [0.2, 0.25) is 0 Å². The van der Waals surface area contributed by atoms with Crippen molar-refractivity contribution < 1.29 is 9.72 Å². The summed E-state index contributed by atoms with van der Waals surface area (Å²) in [7, 11) is 0. The lowest BCUT2D eigenvalue weighted by Crippen LogP contribution is -2.24. The van der Waals surface area contributed by atoms with Crippen LogP contribution in [0.15, 0.2) is 24.3 Å². The predicted molar refractivity (Wildman–Crippen MR) is 73.9 cm³/mol. The number of non-ortho nitro benzene ring substituents is 1. The molecule has 106 valence electrons. The van der Waals surface area contributed by atoms with Crippen molar-refractivity contribution in [3.8, 4) is 18.0 Å². The number of aromatic nitrogens is 3. The fourth-order valence-electron chi connectivity index (χ4n) is 1.71. The van der Waals surface area contributed by atoms with E-state index in [1.54, 1.807) is 6.92 Å². The Labute approximate surface area is 119 Å². The molecule has 0 unspecified atom stereocenters. The van der Waals surface area contributed by atoms with Gasteiger partial charge in [-0.2, -0.15) is 0 Å². The molecular formula is C13H11N5O3. The van der Waals surface area contributed by atoms with Crippen LogP contribution in [0.3, 0.4) is 0 Å². The first-order valence-corrected chi connectivity index (χ1v) is 5.93. The Hall–Kier alpha value is -3.21. The lowest BCUT2D eigenvalue weighted by Gasteiger charge is -2.03. The van der Waals surface area contributed by atoms with Gasteiger partial charge in [0.15, 0.2) is 5.69 Å². The first-order valence-electron chi connectivity index (χ1n) is 5.93. The van der Waals surface area contributed by atoms with E-state index in [1.165, 1.54) is 28.9 Å². The van der Waals surface area contributed by atoms with E-state index in [1.807, 2.05) is 0 Å². The Morgan fingerprint density at radius 3 is 2.71 bits per heavy atom. The average Bonchev–Trinajstić information content (AvgIpc) is 2.86. The Morgan fingerprint density at radius 2 is 2.14 bits per heavy atom. The van der Waals surface area contributed by atoms with E-state index in [2.05, 4.69) is 21.5 Å². The third-order valence-electron chi connectivity index (χ3n) is 2.77. The molecule has 1 heterocycles. The number of hydrogen-bond donors (Lipinski definition) is 1. The zero-order valence-corrected chi connectivity index (χ0v) is 11.1. The van der Waals surface area contributed by atoms with Crippen LogP contribution >= 0.6 is 0 Å². The molecule has 1 amide bonds. The zero-order chi connectivity index (χ0) is 15.4. The normalized spacial score (nSPS) is 9.90. The molecule has 0 aliphatic heterocycles. The third-order valence-corrected chi connectivity index (χ3v) is 2.77. The summed E-state index contributed by atoms with van der Waals surface area (Å²) in [6, 6.07) is 5.77. The molecule has 2 aromatic rings. The van der Waals surface area contributed by atoms with Gasteiger partial charge in [-0.1, -0.05) is 11.1 Å². The van der Waals surface area contributed by atoms with Crippen molar-refractivity contribution in [3.05, 3.63) is 45.8 Å². The molecule has 0 aliphatic carbocycles. The van der Waals surface area contributed by atoms with E-state index in [0.717, 1.165) is 0 Å². The molecule has 0 aliphatic rings. The van der Waals surface area contributed by atoms with Gasteiger partial charge in [0.25, 0.3) is 11.6 Å². The van der Waals surface area contributed by atoms with Crippen LogP contribution in [0.1, 0.15) is 16.2 Å². The largest absolute Gasteiger partial charge is 0.340 e. The van der Waals surface area contributed by atoms with Crippen molar-refractivity contribution >= 4 is 11.6 Å². The van der Waals surface area contributed by atoms with E-state index in [-0.39, 0.29) is 17.9 Å². The molecule has 0 fully saturated rings. The number of benzene rings is 1. The fourth-order valence-corrected chi connectivity index (χ4v) is 1.71. The molecular weight excluding hydrogens is 274 g/mol. The molecule has 21 heavy (non-hydrogen) atoms. The summed E-state index contributed by atoms with van der Waals surface area (Å²) in [6.45, 7) is 1.77. The number of rotatable bonds is 4. The summed E-state index contributed by atoms with van der Waals surface area (Å²) in [5.74, 6) is 1.87. The number of amides is 1. The van der Waals surface area contributed by atoms with Gasteiger partial charge in [-0.3, -0.25) is 14.9 Å². The first kappa shape index (κ1) is 14.2. The van der Waals surface area contributed by atoms with Gasteiger partial charge in [0, 0.05) is 12.1 Å². The number of nitro groups is 1. The van der Waals surface area contributed by atoms with Crippen molar-refractivity contribution in [1.29, 1.82) is 0 Å². The second kappa shape index (κ2) is 5.83. The molecule has 0 saturated carbocycles. The maximum atomic E-state index is 11.8. The molecule has 0 atom stereocenters. The number of nitro benzene ring substituents is 1. The van der Waals surface area contributed by atoms with Crippen molar-refractivity contribution in [2.24, 2.45) is 0 Å². The summed E-state index contributed by atoms with van der Waals surface area (Å²) >= 11 is 0. The first-order chi connectivity index (χ1) is 10.0. The van der Waals surface area contributed by atoms with Crippen LogP contribution in [-0.2, 0) is 0 Å². The second-order valence-corrected chi connectivity index (χ2v) is 4.10. The summed E-state index contributed by atoms with van der Waals surface area (Å²) in [5.41, 5.74) is 1.21. The number of nitrogens with zero attached hydrogens (tertiary/aromatic N) is 4. The minimum Gasteiger partial charge on any atom is -0.340 e. The van der Waals surface area contributed by atoms with Gasteiger partial charge in [-0.25, -0.2) is 4.68 Å². The highest BCUT2D eigenvalue weighted by Gasteiger charge is 2.17. The highest BCUT2D eigenvalue weighted by atomic mass is 16.6. The van der Waals surface area contributed by atoms with E-state index >= 15 is 0 Å². The summed E-state index contributed by atoms with van der Waals surface area (Å²) < 4.78 is 1.43. The predicted octanol–water partition coefficient (Wildman–Crippen LogP) is 0.847. The number of carbonyl (C=O) groups excluding carboxylic acids is 1. The number of nitrogens with one attached hydrogen (secondary N) is 1. The van der Waals surface area contributed by atoms with E-state index in [4.69, 9.17) is 6.42 Å². The standard InChI is InChI=1S/C13H11N5O3/c1-3-8-14-13(19)12-9(2)17(16-15-12)10-4-6-11(7-5-10)18(20)21/h1,4-7H,8H2,2H3,(H,14,19). The van der Waals surface area contributed by atoms with Crippen molar-refractivity contribution in [2.75, 3.05) is 6.54 Å². The van der Waals surface area contributed by atoms with Gasteiger partial charge < -0.3 is 5.32 Å². The van der Waals surface area contributed by atoms with E-state index in [0.29, 0.717) is 11.4 Å². The topological polar surface area (TPSA) is 103 Å². The van der Waals surface area contributed by atoms with Crippen LogP contribution in [-0.4, -0.2) is 32.4 Å². The average molecular weight is 285 g/mol. The molecule has 0 bridgehead atoms. The molecule has 1 N–H and O–H groups in total. The van der Waals surface area contributed by atoms with Crippen LogP contribution < -0.4 is 5.32 Å². The van der Waals surface area contributed by atoms with Gasteiger partial charge in [0.1, 0.15) is 0 Å². The molecule has 8 nitrogen and oxygen atoms in total. The fraction of sp³-hybridized carbons (Fsp3) is 0.154. The maximum Gasteiger partial charge on any atom is 0.274 e. The van der Waals surface area contributed by atoms with Crippen LogP contribution in [0.5, 0.6) is 0 Å². The molecule has 2 rings (SSSR count). The molecule has 1 aromatic carbocycles. The summed E-state index contributed by atoms with van der Waals surface area (Å²) in [5, 5.41) is 20.8. The molecule has 0 spiro atoms. The number of carbonyl (C=O) groups is 1. The second-order valence-electron chi connectivity index (χ2n) is 4.10. The highest BCUT2D eigenvalue weighted by molar-refractivity contribution is 5.93. The van der Waals surface area contributed by atoms with Gasteiger partial charge in [0.2, 0.25) is 0 Å². The molecule has 0 radical (unpaired) electrons. The van der Waals surface area contributed by atoms with Crippen molar-refractivity contribution in [1.82, 2.24) is 20.3 Å². The van der Waals surface area contributed by atoms with Gasteiger partial charge in [-0.05, 0) is 19.1 Å². The van der Waals surface area contributed by atoms with Gasteiger partial charge in [0.05, 0.1) is 22.8 Å². The summed E-state index contributed by atoms with van der Waals surface area (Å²) in [6.07, 6.45) is 5.07. The van der Waals surface area contributed by atoms with E-state index < -0.39 is 10.8 Å². The summed E-state index contributed by atoms with van der Waals surface area (Å²) in [4.78, 5) is 21.9. The minimum absolute atomic E-state index is 0.0245. The Morgan fingerprint density at radius 1 is 1.48 bits per heavy atom. The SMILES string of the molecule is C#CCNC(=O)c1nnn(-c2ccc([N+](=O)[O-])cc2)c1C. The quantitative estimate of drug-likeness (QED) is 0.509. The minimum atomic E-state index is -0.489. The molecule has 8 heteroatoms. The highest BCUT2D eigenvalue weighted by Crippen LogP contribution is 2.16. The Kier molecular flexibility index (Phi) is 3.95. The van der Waals surface area contributed by atoms with Crippen LogP contribution in [0.25, 0.3) is 5.69 Å². The van der Waals surface area contributed by atoms with Gasteiger partial charge >= 0.3 is 0 Å². The smallest absolute Gasteiger partial charge is 0.274 e. The molecule has 1 aromatic heterocycles.